The normalized spacial score (nSPS) is 8.33. The lowest BCUT2D eigenvalue weighted by Gasteiger charge is -2.04. The first-order valence-electron chi connectivity index (χ1n) is 4.23. The number of anilines is 1. The molecule has 0 atom stereocenters. The number of amides is 1. The molecule has 1 heterocycles. The Balaban J connectivity index is 0. The van der Waals surface area contributed by atoms with Crippen LogP contribution >= 0.6 is 24.8 Å². The van der Waals surface area contributed by atoms with E-state index in [1.807, 2.05) is 6.92 Å². The Bertz CT molecular complexity index is 307. The van der Waals surface area contributed by atoms with E-state index in [9.17, 15) is 4.79 Å². The van der Waals surface area contributed by atoms with Gasteiger partial charge in [-0.25, -0.2) is 0 Å². The van der Waals surface area contributed by atoms with Gasteiger partial charge in [-0.05, 0) is 12.5 Å². The second-order valence-electron chi connectivity index (χ2n) is 2.72. The highest BCUT2D eigenvalue weighted by molar-refractivity contribution is 5.98. The summed E-state index contributed by atoms with van der Waals surface area (Å²) in [7, 11) is 0. The Morgan fingerprint density at radius 1 is 1.53 bits per heavy atom. The van der Waals surface area contributed by atoms with Crippen LogP contribution in [-0.2, 0) is 0 Å². The van der Waals surface area contributed by atoms with Gasteiger partial charge in [-0.1, -0.05) is 6.92 Å². The fraction of sp³-hybridized carbons (Fsp3) is 0.333. The molecule has 0 fully saturated rings. The maximum atomic E-state index is 11.4. The zero-order chi connectivity index (χ0) is 9.68. The van der Waals surface area contributed by atoms with E-state index in [0.29, 0.717) is 17.8 Å². The van der Waals surface area contributed by atoms with Crippen LogP contribution in [0.2, 0.25) is 0 Å². The molecule has 1 amide bonds. The lowest BCUT2D eigenvalue weighted by Crippen LogP contribution is -2.24. The predicted molar refractivity (Wildman–Crippen MR) is 65.8 cm³/mol. The van der Waals surface area contributed by atoms with Gasteiger partial charge in [0.1, 0.15) is 0 Å². The van der Waals surface area contributed by atoms with Crippen molar-refractivity contribution >= 4 is 36.4 Å². The maximum absolute atomic E-state index is 11.4. The summed E-state index contributed by atoms with van der Waals surface area (Å²) in [5.74, 6) is -0.137. The van der Waals surface area contributed by atoms with Crippen LogP contribution in [-0.4, -0.2) is 17.4 Å². The molecule has 0 bridgehead atoms. The number of hydrogen-bond acceptors (Lipinski definition) is 3. The third kappa shape index (κ3) is 4.85. The Hall–Kier alpha value is -1.000. The van der Waals surface area contributed by atoms with Gasteiger partial charge in [0.25, 0.3) is 5.91 Å². The predicted octanol–water partition coefficient (Wildman–Crippen LogP) is 1.65. The number of halogens is 2. The van der Waals surface area contributed by atoms with Crippen LogP contribution in [0.15, 0.2) is 18.5 Å². The van der Waals surface area contributed by atoms with Crippen molar-refractivity contribution in [3.8, 4) is 0 Å². The van der Waals surface area contributed by atoms with Gasteiger partial charge in [-0.15, -0.1) is 24.8 Å². The molecule has 1 aromatic rings. The summed E-state index contributed by atoms with van der Waals surface area (Å²) in [6, 6.07) is 1.61. The molecule has 0 saturated heterocycles. The minimum Gasteiger partial charge on any atom is -0.397 e. The van der Waals surface area contributed by atoms with Gasteiger partial charge >= 0.3 is 0 Å². The highest BCUT2D eigenvalue weighted by Gasteiger charge is 2.07. The molecule has 0 aliphatic carbocycles. The molecule has 0 aromatic carbocycles. The zero-order valence-corrected chi connectivity index (χ0v) is 10.0. The number of nitrogen functional groups attached to an aromatic ring is 1. The van der Waals surface area contributed by atoms with Crippen molar-refractivity contribution in [2.24, 2.45) is 0 Å². The van der Waals surface area contributed by atoms with Crippen molar-refractivity contribution in [3.05, 3.63) is 24.0 Å². The van der Waals surface area contributed by atoms with Crippen molar-refractivity contribution in [2.75, 3.05) is 12.3 Å². The Kier molecular flexibility index (Phi) is 9.11. The quantitative estimate of drug-likeness (QED) is 0.859. The number of nitrogens with two attached hydrogens (primary N) is 1. The zero-order valence-electron chi connectivity index (χ0n) is 8.40. The molecule has 15 heavy (non-hydrogen) atoms. The molecule has 0 unspecified atom stereocenters. The Labute approximate surface area is 101 Å². The minimum atomic E-state index is -0.137. The average Bonchev–Trinajstić information content (AvgIpc) is 2.15. The van der Waals surface area contributed by atoms with Crippen molar-refractivity contribution in [3.63, 3.8) is 0 Å². The van der Waals surface area contributed by atoms with Crippen LogP contribution in [0.4, 0.5) is 5.69 Å². The van der Waals surface area contributed by atoms with E-state index in [1.165, 1.54) is 6.20 Å². The van der Waals surface area contributed by atoms with Gasteiger partial charge < -0.3 is 11.1 Å². The lowest BCUT2D eigenvalue weighted by molar-refractivity contribution is 0.0954. The lowest BCUT2D eigenvalue weighted by atomic mass is 10.2. The second-order valence-corrected chi connectivity index (χ2v) is 2.72. The van der Waals surface area contributed by atoms with E-state index in [1.54, 1.807) is 12.3 Å². The van der Waals surface area contributed by atoms with Crippen LogP contribution in [0.25, 0.3) is 0 Å². The first kappa shape index (κ1) is 16.4. The fourth-order valence-corrected chi connectivity index (χ4v) is 0.947. The third-order valence-electron chi connectivity index (χ3n) is 1.63. The highest BCUT2D eigenvalue weighted by atomic mass is 35.5. The molecular formula is C9H15Cl2N3O. The molecule has 0 radical (unpaired) electrons. The standard InChI is InChI=1S/C9H13N3O.2ClH/c1-2-4-12-9(13)7-3-5-11-6-8(7)10;;/h3,5-6H,2,4,10H2,1H3,(H,12,13);2*1H. The van der Waals surface area contributed by atoms with Crippen LogP contribution in [0.1, 0.15) is 23.7 Å². The van der Waals surface area contributed by atoms with E-state index in [0.717, 1.165) is 6.42 Å². The summed E-state index contributed by atoms with van der Waals surface area (Å²) < 4.78 is 0. The molecule has 4 nitrogen and oxygen atoms in total. The average molecular weight is 252 g/mol. The van der Waals surface area contributed by atoms with Gasteiger partial charge in [-0.3, -0.25) is 9.78 Å². The number of aromatic nitrogens is 1. The summed E-state index contributed by atoms with van der Waals surface area (Å²) in [6.45, 7) is 2.66. The maximum Gasteiger partial charge on any atom is 0.253 e. The van der Waals surface area contributed by atoms with E-state index >= 15 is 0 Å². The van der Waals surface area contributed by atoms with E-state index < -0.39 is 0 Å². The van der Waals surface area contributed by atoms with Gasteiger partial charge in [0, 0.05) is 12.7 Å². The molecule has 3 N–H and O–H groups in total. The van der Waals surface area contributed by atoms with Crippen LogP contribution in [0.5, 0.6) is 0 Å². The molecule has 0 aliphatic heterocycles. The summed E-state index contributed by atoms with van der Waals surface area (Å²) in [5.41, 5.74) is 6.47. The second kappa shape index (κ2) is 8.32. The Morgan fingerprint density at radius 2 is 2.20 bits per heavy atom. The molecule has 1 rings (SSSR count). The first-order valence-corrected chi connectivity index (χ1v) is 4.23. The molecule has 86 valence electrons. The van der Waals surface area contributed by atoms with Gasteiger partial charge in [0.15, 0.2) is 0 Å². The Morgan fingerprint density at radius 3 is 2.73 bits per heavy atom. The molecule has 0 saturated carbocycles. The van der Waals surface area contributed by atoms with Gasteiger partial charge in [-0.2, -0.15) is 0 Å². The van der Waals surface area contributed by atoms with E-state index in [2.05, 4.69) is 10.3 Å². The number of carbonyl (C=O) groups is 1. The van der Waals surface area contributed by atoms with Crippen LogP contribution in [0.3, 0.4) is 0 Å². The molecule has 0 spiro atoms. The SMILES string of the molecule is CCCNC(=O)c1ccncc1N.Cl.Cl. The van der Waals surface area contributed by atoms with Crippen molar-refractivity contribution < 1.29 is 4.79 Å². The highest BCUT2D eigenvalue weighted by Crippen LogP contribution is 2.07. The van der Waals surface area contributed by atoms with E-state index in [4.69, 9.17) is 5.73 Å². The van der Waals surface area contributed by atoms with Crippen LogP contribution < -0.4 is 11.1 Å². The molecule has 0 aliphatic rings. The largest absolute Gasteiger partial charge is 0.397 e. The number of nitrogens with one attached hydrogen (secondary N) is 1. The smallest absolute Gasteiger partial charge is 0.253 e. The monoisotopic (exact) mass is 251 g/mol. The fourth-order valence-electron chi connectivity index (χ4n) is 0.947. The number of carbonyl (C=O) groups excluding carboxylic acids is 1. The van der Waals surface area contributed by atoms with Gasteiger partial charge in [0.2, 0.25) is 0 Å². The number of rotatable bonds is 3. The van der Waals surface area contributed by atoms with Crippen molar-refractivity contribution in [2.45, 2.75) is 13.3 Å². The van der Waals surface area contributed by atoms with Crippen LogP contribution in [0, 0.1) is 0 Å². The van der Waals surface area contributed by atoms with Crippen molar-refractivity contribution in [1.29, 1.82) is 0 Å². The summed E-state index contributed by atoms with van der Waals surface area (Å²) >= 11 is 0. The molecule has 6 heteroatoms. The number of nitrogens with zero attached hydrogens (tertiary/aromatic N) is 1. The first-order chi connectivity index (χ1) is 6.25. The topological polar surface area (TPSA) is 68.0 Å². The molecule has 1 aromatic heterocycles. The summed E-state index contributed by atoms with van der Waals surface area (Å²) in [5, 5.41) is 2.74. The number of hydrogen-bond donors (Lipinski definition) is 2. The third-order valence-corrected chi connectivity index (χ3v) is 1.63. The summed E-state index contributed by atoms with van der Waals surface area (Å²) in [4.78, 5) is 15.2. The minimum absolute atomic E-state index is 0. The van der Waals surface area contributed by atoms with E-state index in [-0.39, 0.29) is 30.7 Å². The summed E-state index contributed by atoms with van der Waals surface area (Å²) in [6.07, 6.45) is 3.94. The number of pyridine rings is 1. The van der Waals surface area contributed by atoms with Crippen molar-refractivity contribution in [1.82, 2.24) is 10.3 Å². The van der Waals surface area contributed by atoms with Gasteiger partial charge in [0.05, 0.1) is 17.4 Å². The molecular weight excluding hydrogens is 237 g/mol.